The minimum absolute atomic E-state index is 0.192. The lowest BCUT2D eigenvalue weighted by molar-refractivity contribution is 0.240. The molecule has 1 aliphatic heterocycles. The number of alkyl halides is 1. The van der Waals surface area contributed by atoms with Crippen LogP contribution in [0.15, 0.2) is 24.3 Å². The molecule has 88 valence electrons. The summed E-state index contributed by atoms with van der Waals surface area (Å²) in [5.41, 5.74) is 0.677. The molecule has 0 saturated carbocycles. The number of hydrogen-bond donors (Lipinski definition) is 2. The largest absolute Gasteiger partial charge is 0.508 e. The minimum Gasteiger partial charge on any atom is -0.508 e. The van der Waals surface area contributed by atoms with Crippen LogP contribution >= 0.6 is 0 Å². The molecule has 1 aromatic carbocycles. The minimum atomic E-state index is -0.899. The predicted octanol–water partition coefficient (Wildman–Crippen LogP) is 2.79. The zero-order valence-corrected chi connectivity index (χ0v) is 9.32. The highest BCUT2D eigenvalue weighted by molar-refractivity contribution is 5.27. The smallest absolute Gasteiger partial charge is 0.125 e. The molecule has 0 radical (unpaired) electrons. The van der Waals surface area contributed by atoms with Crippen LogP contribution in [0.3, 0.4) is 0 Å². The summed E-state index contributed by atoms with van der Waals surface area (Å²) in [6.45, 7) is 2.01. The summed E-state index contributed by atoms with van der Waals surface area (Å²) < 4.78 is 13.9. The van der Waals surface area contributed by atoms with Crippen molar-refractivity contribution in [3.05, 3.63) is 29.8 Å². The first-order chi connectivity index (χ1) is 7.75. The third-order valence-electron chi connectivity index (χ3n) is 3.25. The monoisotopic (exact) mass is 223 g/mol. The molecule has 16 heavy (non-hydrogen) atoms. The first kappa shape index (κ1) is 11.4. The van der Waals surface area contributed by atoms with E-state index in [0.29, 0.717) is 17.9 Å². The van der Waals surface area contributed by atoms with Gasteiger partial charge in [-0.3, -0.25) is 0 Å². The van der Waals surface area contributed by atoms with Crippen LogP contribution in [0.4, 0.5) is 4.39 Å². The normalized spacial score (nSPS) is 19.6. The molecule has 3 heteroatoms. The van der Waals surface area contributed by atoms with Gasteiger partial charge >= 0.3 is 0 Å². The van der Waals surface area contributed by atoms with Gasteiger partial charge in [-0.05, 0) is 56.0 Å². The van der Waals surface area contributed by atoms with Crippen LogP contribution < -0.4 is 5.32 Å². The molecular formula is C13H18FNO. The Morgan fingerprint density at radius 3 is 2.50 bits per heavy atom. The second-order valence-electron chi connectivity index (χ2n) is 4.49. The van der Waals surface area contributed by atoms with Crippen LogP contribution in [0.5, 0.6) is 5.75 Å². The lowest BCUT2D eigenvalue weighted by atomic mass is 9.90. The number of phenols is 1. The zero-order valence-electron chi connectivity index (χ0n) is 9.32. The van der Waals surface area contributed by atoms with Crippen LogP contribution in [0.25, 0.3) is 0 Å². The molecule has 0 spiro atoms. The first-order valence-corrected chi connectivity index (χ1v) is 5.89. The van der Waals surface area contributed by atoms with E-state index in [1.165, 1.54) is 0 Å². The fourth-order valence-electron chi connectivity index (χ4n) is 2.23. The van der Waals surface area contributed by atoms with Crippen molar-refractivity contribution in [2.75, 3.05) is 13.1 Å². The third-order valence-corrected chi connectivity index (χ3v) is 3.25. The van der Waals surface area contributed by atoms with Crippen LogP contribution in [0.1, 0.15) is 31.0 Å². The van der Waals surface area contributed by atoms with E-state index in [2.05, 4.69) is 5.32 Å². The fraction of sp³-hybridized carbons (Fsp3) is 0.538. The molecule has 1 aromatic rings. The quantitative estimate of drug-likeness (QED) is 0.825. The van der Waals surface area contributed by atoms with Gasteiger partial charge in [-0.15, -0.1) is 0 Å². The van der Waals surface area contributed by atoms with Crippen molar-refractivity contribution in [2.24, 2.45) is 5.92 Å². The number of hydrogen-bond acceptors (Lipinski definition) is 2. The van der Waals surface area contributed by atoms with Gasteiger partial charge in [-0.2, -0.15) is 0 Å². The molecule has 0 aromatic heterocycles. The topological polar surface area (TPSA) is 32.3 Å². The molecule has 1 unspecified atom stereocenters. The van der Waals surface area contributed by atoms with Crippen LogP contribution in [-0.2, 0) is 0 Å². The maximum Gasteiger partial charge on any atom is 0.125 e. The van der Waals surface area contributed by atoms with Gasteiger partial charge in [0, 0.05) is 0 Å². The standard InChI is InChI=1S/C13H18FNO/c14-13(9-10-5-7-15-8-6-10)11-1-3-12(16)4-2-11/h1-4,10,13,15-16H,5-9H2. The summed E-state index contributed by atoms with van der Waals surface area (Å²) in [6.07, 6.45) is 1.84. The van der Waals surface area contributed by atoms with E-state index in [4.69, 9.17) is 5.11 Å². The second kappa shape index (κ2) is 5.30. The first-order valence-electron chi connectivity index (χ1n) is 5.89. The summed E-state index contributed by atoms with van der Waals surface area (Å²) in [5, 5.41) is 12.4. The number of halogens is 1. The van der Waals surface area contributed by atoms with Crippen molar-refractivity contribution in [1.82, 2.24) is 5.32 Å². The number of piperidine rings is 1. The summed E-state index contributed by atoms with van der Waals surface area (Å²) in [4.78, 5) is 0. The molecule has 1 heterocycles. The lowest BCUT2D eigenvalue weighted by Gasteiger charge is -2.24. The molecular weight excluding hydrogens is 205 g/mol. The Hall–Kier alpha value is -1.09. The Balaban J connectivity index is 1.91. The molecule has 2 N–H and O–H groups in total. The molecule has 1 fully saturated rings. The molecule has 2 nitrogen and oxygen atoms in total. The maximum atomic E-state index is 13.9. The number of benzene rings is 1. The SMILES string of the molecule is Oc1ccc(C(F)CC2CCNCC2)cc1. The van der Waals surface area contributed by atoms with Gasteiger partial charge in [-0.25, -0.2) is 4.39 Å². The Bertz CT molecular complexity index is 319. The summed E-state index contributed by atoms with van der Waals surface area (Å²) in [6, 6.07) is 6.43. The predicted molar refractivity (Wildman–Crippen MR) is 62.2 cm³/mol. The molecule has 0 aliphatic carbocycles. The summed E-state index contributed by atoms with van der Waals surface area (Å²) >= 11 is 0. The van der Waals surface area contributed by atoms with Gasteiger partial charge in [0.05, 0.1) is 0 Å². The second-order valence-corrected chi connectivity index (χ2v) is 4.49. The highest BCUT2D eigenvalue weighted by Gasteiger charge is 2.19. The highest BCUT2D eigenvalue weighted by Crippen LogP contribution is 2.30. The van der Waals surface area contributed by atoms with Crippen molar-refractivity contribution in [1.29, 1.82) is 0 Å². The Morgan fingerprint density at radius 1 is 1.25 bits per heavy atom. The van der Waals surface area contributed by atoms with E-state index < -0.39 is 6.17 Å². The maximum absolute atomic E-state index is 13.9. The molecule has 0 amide bonds. The van der Waals surface area contributed by atoms with E-state index in [1.807, 2.05) is 0 Å². The van der Waals surface area contributed by atoms with Gasteiger partial charge < -0.3 is 10.4 Å². The van der Waals surface area contributed by atoms with Crippen molar-refractivity contribution in [2.45, 2.75) is 25.4 Å². The number of nitrogens with one attached hydrogen (secondary N) is 1. The van der Waals surface area contributed by atoms with Crippen molar-refractivity contribution in [3.63, 3.8) is 0 Å². The average Bonchev–Trinajstić information content (AvgIpc) is 2.31. The van der Waals surface area contributed by atoms with Gasteiger partial charge in [0.25, 0.3) is 0 Å². The average molecular weight is 223 g/mol. The van der Waals surface area contributed by atoms with E-state index in [0.717, 1.165) is 25.9 Å². The third kappa shape index (κ3) is 2.95. The van der Waals surface area contributed by atoms with Crippen LogP contribution in [-0.4, -0.2) is 18.2 Å². The number of phenolic OH excluding ortho intramolecular Hbond substituents is 1. The molecule has 1 saturated heterocycles. The van der Waals surface area contributed by atoms with Crippen molar-refractivity contribution >= 4 is 0 Å². The van der Waals surface area contributed by atoms with E-state index >= 15 is 0 Å². The van der Waals surface area contributed by atoms with Gasteiger partial charge in [-0.1, -0.05) is 12.1 Å². The fourth-order valence-corrected chi connectivity index (χ4v) is 2.23. The number of rotatable bonds is 3. The van der Waals surface area contributed by atoms with E-state index in [9.17, 15) is 4.39 Å². The van der Waals surface area contributed by atoms with Gasteiger partial charge in [0.15, 0.2) is 0 Å². The van der Waals surface area contributed by atoms with Crippen molar-refractivity contribution in [3.8, 4) is 5.75 Å². The molecule has 0 bridgehead atoms. The Kier molecular flexibility index (Phi) is 3.78. The molecule has 1 atom stereocenters. The Morgan fingerprint density at radius 2 is 1.88 bits per heavy atom. The van der Waals surface area contributed by atoms with E-state index in [1.54, 1.807) is 24.3 Å². The van der Waals surface area contributed by atoms with Crippen LogP contribution in [0.2, 0.25) is 0 Å². The summed E-state index contributed by atoms with van der Waals surface area (Å²) in [5.74, 6) is 0.683. The Labute approximate surface area is 95.5 Å². The number of aromatic hydroxyl groups is 1. The van der Waals surface area contributed by atoms with Gasteiger partial charge in [0.2, 0.25) is 0 Å². The molecule has 2 rings (SSSR count). The van der Waals surface area contributed by atoms with Gasteiger partial charge in [0.1, 0.15) is 11.9 Å². The molecule has 1 aliphatic rings. The lowest BCUT2D eigenvalue weighted by Crippen LogP contribution is -2.28. The highest BCUT2D eigenvalue weighted by atomic mass is 19.1. The zero-order chi connectivity index (χ0) is 11.4. The van der Waals surface area contributed by atoms with E-state index in [-0.39, 0.29) is 5.75 Å². The van der Waals surface area contributed by atoms with Crippen LogP contribution in [0, 0.1) is 5.92 Å². The summed E-state index contributed by atoms with van der Waals surface area (Å²) in [7, 11) is 0. The van der Waals surface area contributed by atoms with Crippen molar-refractivity contribution < 1.29 is 9.50 Å².